The number of amides is 2. The molecule has 1 atom stereocenters. The number of nitrogens with one attached hydrogen (secondary N) is 1. The molecule has 0 saturated carbocycles. The molecule has 0 aliphatic carbocycles. The Morgan fingerprint density at radius 1 is 1.38 bits per heavy atom. The van der Waals surface area contributed by atoms with E-state index in [0.29, 0.717) is 0 Å². The molecule has 1 aromatic rings. The molecule has 2 amide bonds. The summed E-state index contributed by atoms with van der Waals surface area (Å²) in [6, 6.07) is 2.07. The quantitative estimate of drug-likeness (QED) is 0.925. The molecule has 1 fully saturated rings. The zero-order valence-corrected chi connectivity index (χ0v) is 13.4. The number of hydrogen-bond donors (Lipinski definition) is 1. The van der Waals surface area contributed by atoms with Crippen molar-refractivity contribution in [1.82, 2.24) is 20.3 Å². The molecule has 0 bridgehead atoms. The number of carbonyl (C=O) groups is 1. The lowest BCUT2D eigenvalue weighted by molar-refractivity contribution is 0.127. The van der Waals surface area contributed by atoms with Gasteiger partial charge < -0.3 is 14.7 Å². The monoisotopic (exact) mass is 294 g/mol. The number of aromatic nitrogens is 1. The molecule has 0 spiro atoms. The standard InChI is InChI=1S/C15H26N4O2/c1-12(15(2,3)4)16-14(20)19-8-6-18(7-9-19)11-13-5-10-21-17-13/h5,10,12H,6-9,11H2,1-4H3,(H,16,20)/t12-/m0/s1. The summed E-state index contributed by atoms with van der Waals surface area (Å²) in [4.78, 5) is 16.4. The van der Waals surface area contributed by atoms with Crippen LogP contribution in [-0.4, -0.2) is 53.2 Å². The Morgan fingerprint density at radius 2 is 2.05 bits per heavy atom. The first-order chi connectivity index (χ1) is 9.86. The zero-order valence-electron chi connectivity index (χ0n) is 13.4. The summed E-state index contributed by atoms with van der Waals surface area (Å²) in [6.07, 6.45) is 1.59. The van der Waals surface area contributed by atoms with Gasteiger partial charge in [0.1, 0.15) is 6.26 Å². The molecular weight excluding hydrogens is 268 g/mol. The Kier molecular flexibility index (Phi) is 4.88. The van der Waals surface area contributed by atoms with Crippen LogP contribution in [0.1, 0.15) is 33.4 Å². The van der Waals surface area contributed by atoms with Crippen LogP contribution >= 0.6 is 0 Å². The lowest BCUT2D eigenvalue weighted by atomic mass is 9.88. The van der Waals surface area contributed by atoms with Gasteiger partial charge in [-0.25, -0.2) is 4.79 Å². The maximum absolute atomic E-state index is 12.2. The molecule has 1 aliphatic heterocycles. The summed E-state index contributed by atoms with van der Waals surface area (Å²) in [5, 5.41) is 7.01. The van der Waals surface area contributed by atoms with E-state index in [1.54, 1.807) is 6.26 Å². The van der Waals surface area contributed by atoms with Crippen molar-refractivity contribution in [3.8, 4) is 0 Å². The second-order valence-corrected chi connectivity index (χ2v) is 6.79. The Morgan fingerprint density at radius 3 is 2.57 bits per heavy atom. The molecule has 1 saturated heterocycles. The smallest absolute Gasteiger partial charge is 0.317 e. The fourth-order valence-corrected chi connectivity index (χ4v) is 2.15. The molecule has 118 valence electrons. The molecule has 6 nitrogen and oxygen atoms in total. The van der Waals surface area contributed by atoms with E-state index in [4.69, 9.17) is 4.52 Å². The molecule has 0 radical (unpaired) electrons. The first-order valence-corrected chi connectivity index (χ1v) is 7.53. The van der Waals surface area contributed by atoms with Gasteiger partial charge in [0, 0.05) is 44.8 Å². The van der Waals surface area contributed by atoms with Gasteiger partial charge in [0.05, 0.1) is 5.69 Å². The van der Waals surface area contributed by atoms with E-state index in [9.17, 15) is 4.79 Å². The number of hydrogen-bond acceptors (Lipinski definition) is 4. The third-order valence-corrected chi connectivity index (χ3v) is 4.18. The lowest BCUT2D eigenvalue weighted by Gasteiger charge is -2.36. The molecule has 21 heavy (non-hydrogen) atoms. The van der Waals surface area contributed by atoms with Gasteiger partial charge in [0.2, 0.25) is 0 Å². The minimum atomic E-state index is 0.0403. The summed E-state index contributed by atoms with van der Waals surface area (Å²) in [6.45, 7) is 12.5. The van der Waals surface area contributed by atoms with E-state index < -0.39 is 0 Å². The van der Waals surface area contributed by atoms with Crippen LogP contribution in [0.15, 0.2) is 16.9 Å². The highest BCUT2D eigenvalue weighted by Crippen LogP contribution is 2.18. The Balaban J connectivity index is 1.77. The molecule has 1 N–H and O–H groups in total. The van der Waals surface area contributed by atoms with Crippen LogP contribution < -0.4 is 5.32 Å². The Hall–Kier alpha value is -1.56. The number of carbonyl (C=O) groups excluding carboxylic acids is 1. The number of rotatable bonds is 3. The topological polar surface area (TPSA) is 61.6 Å². The van der Waals surface area contributed by atoms with Crippen molar-refractivity contribution in [2.24, 2.45) is 5.41 Å². The van der Waals surface area contributed by atoms with E-state index >= 15 is 0 Å². The van der Waals surface area contributed by atoms with Crippen LogP contribution in [0.25, 0.3) is 0 Å². The van der Waals surface area contributed by atoms with Gasteiger partial charge in [-0.05, 0) is 12.3 Å². The predicted molar refractivity (Wildman–Crippen MR) is 80.8 cm³/mol. The second-order valence-electron chi connectivity index (χ2n) is 6.79. The normalized spacial score (nSPS) is 18.6. The highest BCUT2D eigenvalue weighted by atomic mass is 16.5. The molecule has 0 aromatic carbocycles. The number of urea groups is 1. The lowest BCUT2D eigenvalue weighted by Crippen LogP contribution is -2.54. The van der Waals surface area contributed by atoms with Gasteiger partial charge in [-0.15, -0.1) is 0 Å². The molecule has 2 rings (SSSR count). The zero-order chi connectivity index (χ0) is 15.5. The van der Waals surface area contributed by atoms with Crippen molar-refractivity contribution in [1.29, 1.82) is 0 Å². The molecular formula is C15H26N4O2. The van der Waals surface area contributed by atoms with Crippen molar-refractivity contribution >= 4 is 6.03 Å². The summed E-state index contributed by atoms with van der Waals surface area (Å²) in [5.41, 5.74) is 1.01. The highest BCUT2D eigenvalue weighted by molar-refractivity contribution is 5.74. The van der Waals surface area contributed by atoms with Crippen LogP contribution in [-0.2, 0) is 6.54 Å². The van der Waals surface area contributed by atoms with Crippen molar-refractivity contribution in [3.63, 3.8) is 0 Å². The SMILES string of the molecule is C[C@H](NC(=O)N1CCN(Cc2ccon2)CC1)C(C)(C)C. The van der Waals surface area contributed by atoms with Crippen molar-refractivity contribution in [3.05, 3.63) is 18.0 Å². The summed E-state index contributed by atoms with van der Waals surface area (Å²) in [7, 11) is 0. The van der Waals surface area contributed by atoms with E-state index in [1.807, 2.05) is 11.0 Å². The molecule has 0 unspecified atom stereocenters. The Labute approximate surface area is 126 Å². The van der Waals surface area contributed by atoms with Gasteiger partial charge in [-0.3, -0.25) is 4.90 Å². The number of piperazine rings is 1. The molecule has 2 heterocycles. The summed E-state index contributed by atoms with van der Waals surface area (Å²) >= 11 is 0. The third-order valence-electron chi connectivity index (χ3n) is 4.18. The van der Waals surface area contributed by atoms with Gasteiger partial charge >= 0.3 is 6.03 Å². The van der Waals surface area contributed by atoms with Crippen LogP contribution in [0.5, 0.6) is 0 Å². The van der Waals surface area contributed by atoms with Crippen LogP contribution in [0.4, 0.5) is 4.79 Å². The first kappa shape index (κ1) is 15.8. The first-order valence-electron chi connectivity index (χ1n) is 7.53. The summed E-state index contributed by atoms with van der Waals surface area (Å²) in [5.74, 6) is 0. The average molecular weight is 294 g/mol. The Bertz CT molecular complexity index is 445. The van der Waals surface area contributed by atoms with E-state index in [0.717, 1.165) is 38.4 Å². The largest absolute Gasteiger partial charge is 0.364 e. The molecule has 1 aromatic heterocycles. The fraction of sp³-hybridized carbons (Fsp3) is 0.733. The average Bonchev–Trinajstić information content (AvgIpc) is 2.91. The highest BCUT2D eigenvalue weighted by Gasteiger charge is 2.26. The van der Waals surface area contributed by atoms with Crippen LogP contribution in [0.3, 0.4) is 0 Å². The molecule has 1 aliphatic rings. The third kappa shape index (κ3) is 4.46. The minimum Gasteiger partial charge on any atom is -0.364 e. The van der Waals surface area contributed by atoms with Crippen LogP contribution in [0, 0.1) is 5.41 Å². The molecule has 6 heteroatoms. The van der Waals surface area contributed by atoms with Crippen molar-refractivity contribution in [2.45, 2.75) is 40.3 Å². The fourth-order valence-electron chi connectivity index (χ4n) is 2.15. The number of nitrogens with zero attached hydrogens (tertiary/aromatic N) is 3. The van der Waals surface area contributed by atoms with Gasteiger partial charge in [-0.1, -0.05) is 25.9 Å². The van der Waals surface area contributed by atoms with E-state index in [-0.39, 0.29) is 17.5 Å². The van der Waals surface area contributed by atoms with E-state index in [2.05, 4.69) is 43.1 Å². The van der Waals surface area contributed by atoms with E-state index in [1.165, 1.54) is 0 Å². The van der Waals surface area contributed by atoms with Crippen molar-refractivity contribution in [2.75, 3.05) is 26.2 Å². The maximum Gasteiger partial charge on any atom is 0.317 e. The maximum atomic E-state index is 12.2. The van der Waals surface area contributed by atoms with Crippen molar-refractivity contribution < 1.29 is 9.32 Å². The van der Waals surface area contributed by atoms with Gasteiger partial charge in [0.25, 0.3) is 0 Å². The van der Waals surface area contributed by atoms with Crippen LogP contribution in [0.2, 0.25) is 0 Å². The summed E-state index contributed by atoms with van der Waals surface area (Å²) < 4.78 is 4.84. The second kappa shape index (κ2) is 6.47. The van der Waals surface area contributed by atoms with Gasteiger partial charge in [-0.2, -0.15) is 0 Å². The van der Waals surface area contributed by atoms with Gasteiger partial charge in [0.15, 0.2) is 0 Å². The minimum absolute atomic E-state index is 0.0403. The predicted octanol–water partition coefficient (Wildman–Crippen LogP) is 1.94.